The Balaban J connectivity index is 1.76. The number of nitro benzene ring substituents is 1. The lowest BCUT2D eigenvalue weighted by molar-refractivity contribution is -0.386. The van der Waals surface area contributed by atoms with E-state index < -0.39 is 4.92 Å². The zero-order valence-corrected chi connectivity index (χ0v) is 13.9. The monoisotopic (exact) mass is 359 g/mol. The lowest BCUT2D eigenvalue weighted by atomic mass is 10.1. The molecular formula is C17H14FN3O5. The Kier molecular flexibility index (Phi) is 4.78. The summed E-state index contributed by atoms with van der Waals surface area (Å²) in [7, 11) is 1.41. The van der Waals surface area contributed by atoms with Gasteiger partial charge in [-0.05, 0) is 30.7 Å². The Morgan fingerprint density at radius 2 is 2.08 bits per heavy atom. The summed E-state index contributed by atoms with van der Waals surface area (Å²) in [5.41, 5.74) is 0.718. The molecule has 1 heterocycles. The third-order valence-electron chi connectivity index (χ3n) is 3.61. The lowest BCUT2D eigenvalue weighted by Crippen LogP contribution is -2.00. The number of aromatic nitrogens is 2. The molecule has 9 heteroatoms. The van der Waals surface area contributed by atoms with Crippen LogP contribution in [0.25, 0.3) is 11.4 Å². The molecule has 0 aliphatic carbocycles. The van der Waals surface area contributed by atoms with Gasteiger partial charge in [-0.3, -0.25) is 10.1 Å². The Bertz CT molecular complexity index is 957. The van der Waals surface area contributed by atoms with Crippen LogP contribution in [0, 0.1) is 22.9 Å². The summed E-state index contributed by atoms with van der Waals surface area (Å²) in [5, 5.41) is 14.9. The molecule has 0 aliphatic heterocycles. The second kappa shape index (κ2) is 7.18. The number of halogens is 1. The van der Waals surface area contributed by atoms with Crippen LogP contribution in [0.15, 0.2) is 40.9 Å². The molecule has 8 nitrogen and oxygen atoms in total. The molecule has 26 heavy (non-hydrogen) atoms. The molecule has 134 valence electrons. The third kappa shape index (κ3) is 3.61. The van der Waals surface area contributed by atoms with Crippen LogP contribution in [0.3, 0.4) is 0 Å². The van der Waals surface area contributed by atoms with Gasteiger partial charge in [0.1, 0.15) is 11.6 Å². The lowest BCUT2D eigenvalue weighted by Gasteiger charge is -2.05. The standard InChI is InChI=1S/C17H14FN3O5/c1-10-3-4-11(7-13(10)18)17-19-16(26-20-17)9-25-15-6-5-12(24-2)8-14(15)21(22)23/h3-8H,9H2,1-2H3. The van der Waals surface area contributed by atoms with Crippen molar-refractivity contribution < 1.29 is 23.3 Å². The molecular weight excluding hydrogens is 345 g/mol. The first-order valence-corrected chi connectivity index (χ1v) is 7.52. The first-order valence-electron chi connectivity index (χ1n) is 7.52. The molecule has 0 saturated carbocycles. The van der Waals surface area contributed by atoms with Crippen molar-refractivity contribution in [3.05, 3.63) is 63.8 Å². The highest BCUT2D eigenvalue weighted by Crippen LogP contribution is 2.31. The van der Waals surface area contributed by atoms with Gasteiger partial charge in [0, 0.05) is 5.56 Å². The molecule has 0 radical (unpaired) electrons. The van der Waals surface area contributed by atoms with E-state index in [9.17, 15) is 14.5 Å². The van der Waals surface area contributed by atoms with Crippen LogP contribution in [0.4, 0.5) is 10.1 Å². The van der Waals surface area contributed by atoms with Gasteiger partial charge in [-0.1, -0.05) is 17.3 Å². The van der Waals surface area contributed by atoms with Crippen molar-refractivity contribution in [2.45, 2.75) is 13.5 Å². The predicted octanol–water partition coefficient (Wildman–Crippen LogP) is 3.68. The van der Waals surface area contributed by atoms with Crippen LogP contribution in [-0.4, -0.2) is 22.2 Å². The summed E-state index contributed by atoms with van der Waals surface area (Å²) in [6.45, 7) is 1.48. The van der Waals surface area contributed by atoms with E-state index in [4.69, 9.17) is 14.0 Å². The minimum atomic E-state index is -0.577. The number of hydrogen-bond donors (Lipinski definition) is 0. The topological polar surface area (TPSA) is 101 Å². The van der Waals surface area contributed by atoms with E-state index in [-0.39, 0.29) is 35.6 Å². The van der Waals surface area contributed by atoms with Gasteiger partial charge in [0.15, 0.2) is 12.4 Å². The van der Waals surface area contributed by atoms with Gasteiger partial charge < -0.3 is 14.0 Å². The van der Waals surface area contributed by atoms with Crippen LogP contribution < -0.4 is 9.47 Å². The quantitative estimate of drug-likeness (QED) is 0.489. The Morgan fingerprint density at radius 1 is 1.27 bits per heavy atom. The van der Waals surface area contributed by atoms with Crippen LogP contribution in [0.2, 0.25) is 0 Å². The number of nitrogens with zero attached hydrogens (tertiary/aromatic N) is 3. The van der Waals surface area contributed by atoms with E-state index in [2.05, 4.69) is 10.1 Å². The van der Waals surface area contributed by atoms with Crippen molar-refractivity contribution in [2.75, 3.05) is 7.11 Å². The number of nitro groups is 1. The molecule has 0 fully saturated rings. The van der Waals surface area contributed by atoms with Crippen LogP contribution in [0.5, 0.6) is 11.5 Å². The number of benzene rings is 2. The number of rotatable bonds is 6. The molecule has 0 unspecified atom stereocenters. The van der Waals surface area contributed by atoms with Gasteiger partial charge in [0.25, 0.3) is 5.89 Å². The summed E-state index contributed by atoms with van der Waals surface area (Å²) < 4.78 is 29.1. The minimum Gasteiger partial charge on any atom is -0.496 e. The molecule has 0 aliphatic rings. The van der Waals surface area contributed by atoms with Crippen molar-refractivity contribution in [2.24, 2.45) is 0 Å². The Labute approximate surface area is 147 Å². The third-order valence-corrected chi connectivity index (χ3v) is 3.61. The fourth-order valence-corrected chi connectivity index (χ4v) is 2.19. The average molecular weight is 359 g/mol. The van der Waals surface area contributed by atoms with E-state index >= 15 is 0 Å². The van der Waals surface area contributed by atoms with E-state index in [0.29, 0.717) is 16.9 Å². The molecule has 2 aromatic carbocycles. The first kappa shape index (κ1) is 17.3. The van der Waals surface area contributed by atoms with Gasteiger partial charge >= 0.3 is 5.69 Å². The smallest absolute Gasteiger partial charge is 0.314 e. The second-order valence-electron chi connectivity index (χ2n) is 5.36. The zero-order chi connectivity index (χ0) is 18.7. The maximum atomic E-state index is 13.6. The number of hydrogen-bond acceptors (Lipinski definition) is 7. The summed E-state index contributed by atoms with van der Waals surface area (Å²) in [6.07, 6.45) is 0. The maximum Gasteiger partial charge on any atom is 0.314 e. The largest absolute Gasteiger partial charge is 0.496 e. The molecule has 3 aromatic rings. The molecule has 0 bridgehead atoms. The second-order valence-corrected chi connectivity index (χ2v) is 5.36. The molecule has 0 amide bonds. The maximum absolute atomic E-state index is 13.6. The van der Waals surface area contributed by atoms with Crippen molar-refractivity contribution >= 4 is 5.69 Å². The fourth-order valence-electron chi connectivity index (χ4n) is 2.19. The van der Waals surface area contributed by atoms with Crippen molar-refractivity contribution in [3.63, 3.8) is 0 Å². The van der Waals surface area contributed by atoms with E-state index in [1.54, 1.807) is 19.1 Å². The predicted molar refractivity (Wildman–Crippen MR) is 88.4 cm³/mol. The number of methoxy groups -OCH3 is 1. The van der Waals surface area contributed by atoms with E-state index in [1.165, 1.54) is 31.4 Å². The number of ether oxygens (including phenoxy) is 2. The first-order chi connectivity index (χ1) is 12.5. The van der Waals surface area contributed by atoms with Gasteiger partial charge in [-0.15, -0.1) is 0 Å². The fraction of sp³-hybridized carbons (Fsp3) is 0.176. The molecule has 1 aromatic heterocycles. The van der Waals surface area contributed by atoms with Crippen molar-refractivity contribution in [3.8, 4) is 22.9 Å². The summed E-state index contributed by atoms with van der Waals surface area (Å²) in [4.78, 5) is 14.7. The van der Waals surface area contributed by atoms with E-state index in [0.717, 1.165) is 0 Å². The zero-order valence-electron chi connectivity index (χ0n) is 13.9. The van der Waals surface area contributed by atoms with Gasteiger partial charge in [0.2, 0.25) is 5.82 Å². The molecule has 0 N–H and O–H groups in total. The highest BCUT2D eigenvalue weighted by Gasteiger charge is 2.18. The SMILES string of the molecule is COc1ccc(OCc2nc(-c3ccc(C)c(F)c3)no2)c([N+](=O)[O-])c1. The summed E-state index contributed by atoms with van der Waals surface area (Å²) >= 11 is 0. The minimum absolute atomic E-state index is 0.0388. The Morgan fingerprint density at radius 3 is 2.77 bits per heavy atom. The normalized spacial score (nSPS) is 10.6. The molecule has 0 saturated heterocycles. The van der Waals surface area contributed by atoms with Crippen LogP contribution in [0.1, 0.15) is 11.5 Å². The highest BCUT2D eigenvalue weighted by molar-refractivity contribution is 5.55. The van der Waals surface area contributed by atoms with Crippen LogP contribution >= 0.6 is 0 Å². The molecule has 0 atom stereocenters. The van der Waals surface area contributed by atoms with E-state index in [1.807, 2.05) is 0 Å². The summed E-state index contributed by atoms with van der Waals surface area (Å²) in [6, 6.07) is 8.79. The van der Waals surface area contributed by atoms with Crippen molar-refractivity contribution in [1.82, 2.24) is 10.1 Å². The van der Waals surface area contributed by atoms with Crippen molar-refractivity contribution in [1.29, 1.82) is 0 Å². The van der Waals surface area contributed by atoms with Gasteiger partial charge in [-0.2, -0.15) is 4.98 Å². The van der Waals surface area contributed by atoms with Crippen LogP contribution in [-0.2, 0) is 6.61 Å². The molecule has 0 spiro atoms. The molecule has 3 rings (SSSR count). The summed E-state index contributed by atoms with van der Waals surface area (Å²) in [5.74, 6) is 0.305. The van der Waals surface area contributed by atoms with Gasteiger partial charge in [-0.25, -0.2) is 4.39 Å². The average Bonchev–Trinajstić information content (AvgIpc) is 3.11. The highest BCUT2D eigenvalue weighted by atomic mass is 19.1. The Hall–Kier alpha value is -3.49. The van der Waals surface area contributed by atoms with Gasteiger partial charge in [0.05, 0.1) is 18.1 Å². The number of aryl methyl sites for hydroxylation is 1.